The topological polar surface area (TPSA) is 65.6 Å². The number of carbonyl (C=O) groups excluding carboxylic acids is 2. The average molecular weight is 418 g/mol. The van der Waals surface area contributed by atoms with Gasteiger partial charge in [-0.05, 0) is 51.5 Å². The van der Waals surface area contributed by atoms with Crippen LogP contribution in [0, 0.1) is 13.8 Å². The van der Waals surface area contributed by atoms with Gasteiger partial charge in [0.2, 0.25) is 0 Å². The Bertz CT molecular complexity index is 901. The number of benzene rings is 1. The molecule has 3 rings (SSSR count). The molecule has 1 atom stereocenters. The maximum atomic E-state index is 13.2. The van der Waals surface area contributed by atoms with Crippen molar-refractivity contribution in [3.63, 3.8) is 0 Å². The summed E-state index contributed by atoms with van der Waals surface area (Å²) in [6, 6.07) is 7.57. The van der Waals surface area contributed by atoms with Crippen LogP contribution in [-0.2, 0) is 4.74 Å². The standard InChI is InChI=1S/C22H28ClN3O3/c1-5-29-22(28)19-14(2)20(24-15(19)3)21(27)16(4)25-9-11-26(12-10-25)18-8-6-7-17(23)13-18/h6-8,13,16,24H,5,9-12H2,1-4H3/t16-/m0/s1. The molecule has 1 aromatic heterocycles. The number of anilines is 1. The Labute approximate surface area is 176 Å². The van der Waals surface area contributed by atoms with Gasteiger partial charge in [-0.15, -0.1) is 0 Å². The lowest BCUT2D eigenvalue weighted by atomic mass is 10.0. The number of esters is 1. The summed E-state index contributed by atoms with van der Waals surface area (Å²) in [5.74, 6) is -0.391. The number of halogens is 1. The van der Waals surface area contributed by atoms with Crippen LogP contribution in [0.4, 0.5) is 5.69 Å². The lowest BCUT2D eigenvalue weighted by Gasteiger charge is -2.38. The number of ketones is 1. The molecular weight excluding hydrogens is 390 g/mol. The molecule has 1 aliphatic heterocycles. The molecular formula is C22H28ClN3O3. The molecule has 0 amide bonds. The summed E-state index contributed by atoms with van der Waals surface area (Å²) in [6.07, 6.45) is 0. The highest BCUT2D eigenvalue weighted by Crippen LogP contribution is 2.24. The van der Waals surface area contributed by atoms with Gasteiger partial charge in [0.15, 0.2) is 5.78 Å². The zero-order chi connectivity index (χ0) is 21.1. The number of aryl methyl sites for hydroxylation is 1. The molecule has 0 aliphatic carbocycles. The molecule has 0 radical (unpaired) electrons. The van der Waals surface area contributed by atoms with Gasteiger partial charge < -0.3 is 14.6 Å². The van der Waals surface area contributed by atoms with Crippen LogP contribution >= 0.6 is 11.6 Å². The number of nitrogens with one attached hydrogen (secondary N) is 1. The van der Waals surface area contributed by atoms with Gasteiger partial charge in [-0.1, -0.05) is 17.7 Å². The first-order valence-electron chi connectivity index (χ1n) is 9.98. The number of carbonyl (C=O) groups is 2. The van der Waals surface area contributed by atoms with Gasteiger partial charge in [0, 0.05) is 42.6 Å². The van der Waals surface area contributed by atoms with Crippen molar-refractivity contribution in [3.05, 3.63) is 51.8 Å². The quantitative estimate of drug-likeness (QED) is 0.571. The van der Waals surface area contributed by atoms with Crippen LogP contribution < -0.4 is 4.90 Å². The van der Waals surface area contributed by atoms with Crippen molar-refractivity contribution >= 4 is 29.0 Å². The monoisotopic (exact) mass is 417 g/mol. The fraction of sp³-hybridized carbons (Fsp3) is 0.455. The van der Waals surface area contributed by atoms with Gasteiger partial charge in [-0.3, -0.25) is 9.69 Å². The molecule has 0 saturated carbocycles. The number of piperazine rings is 1. The number of aromatic nitrogens is 1. The Morgan fingerprint density at radius 1 is 1.21 bits per heavy atom. The van der Waals surface area contributed by atoms with Crippen molar-refractivity contribution in [2.75, 3.05) is 37.7 Å². The second-order valence-corrected chi connectivity index (χ2v) is 7.83. The lowest BCUT2D eigenvalue weighted by Crippen LogP contribution is -2.51. The Hall–Kier alpha value is -2.31. The van der Waals surface area contributed by atoms with E-state index in [1.165, 1.54) is 0 Å². The van der Waals surface area contributed by atoms with Crippen molar-refractivity contribution < 1.29 is 14.3 Å². The van der Waals surface area contributed by atoms with E-state index in [0.29, 0.717) is 29.1 Å². The molecule has 2 heterocycles. The van der Waals surface area contributed by atoms with Crippen LogP contribution in [0.3, 0.4) is 0 Å². The number of Topliss-reactive ketones (excluding diaryl/α,β-unsaturated/α-hetero) is 1. The number of nitrogens with zero attached hydrogens (tertiary/aromatic N) is 2. The number of hydrogen-bond acceptors (Lipinski definition) is 5. The Kier molecular flexibility index (Phi) is 6.65. The SMILES string of the molecule is CCOC(=O)c1c(C)[nH]c(C(=O)[C@H](C)N2CCN(c3cccc(Cl)c3)CC2)c1C. The normalized spacial score (nSPS) is 16.0. The first kappa shape index (κ1) is 21.4. The van der Waals surface area contributed by atoms with Crippen LogP contribution in [0.5, 0.6) is 0 Å². The average Bonchev–Trinajstić information content (AvgIpc) is 3.01. The molecule has 1 N–H and O–H groups in total. The van der Waals surface area contributed by atoms with E-state index in [9.17, 15) is 9.59 Å². The van der Waals surface area contributed by atoms with Crippen LogP contribution in [-0.4, -0.2) is 60.5 Å². The summed E-state index contributed by atoms with van der Waals surface area (Å²) in [7, 11) is 0. The number of hydrogen-bond donors (Lipinski definition) is 1. The second kappa shape index (κ2) is 9.01. The van der Waals surface area contributed by atoms with Crippen molar-refractivity contribution in [1.82, 2.24) is 9.88 Å². The van der Waals surface area contributed by atoms with E-state index in [0.717, 1.165) is 36.9 Å². The fourth-order valence-corrected chi connectivity index (χ4v) is 4.11. The summed E-state index contributed by atoms with van der Waals surface area (Å²) in [6.45, 7) is 10.8. The summed E-state index contributed by atoms with van der Waals surface area (Å²) in [5, 5.41) is 0.725. The summed E-state index contributed by atoms with van der Waals surface area (Å²) < 4.78 is 5.13. The summed E-state index contributed by atoms with van der Waals surface area (Å²) >= 11 is 6.11. The third kappa shape index (κ3) is 4.49. The molecule has 2 aromatic rings. The molecule has 1 aliphatic rings. The van der Waals surface area contributed by atoms with E-state index in [1.54, 1.807) is 20.8 Å². The Balaban J connectivity index is 1.69. The zero-order valence-electron chi connectivity index (χ0n) is 17.4. The molecule has 1 aromatic carbocycles. The van der Waals surface area contributed by atoms with Crippen molar-refractivity contribution in [1.29, 1.82) is 0 Å². The third-order valence-electron chi connectivity index (χ3n) is 5.58. The molecule has 29 heavy (non-hydrogen) atoms. The first-order chi connectivity index (χ1) is 13.8. The highest BCUT2D eigenvalue weighted by atomic mass is 35.5. The van der Waals surface area contributed by atoms with Gasteiger partial charge >= 0.3 is 5.97 Å². The van der Waals surface area contributed by atoms with E-state index < -0.39 is 0 Å². The minimum Gasteiger partial charge on any atom is -0.462 e. The maximum Gasteiger partial charge on any atom is 0.340 e. The Morgan fingerprint density at radius 3 is 2.52 bits per heavy atom. The van der Waals surface area contributed by atoms with E-state index >= 15 is 0 Å². The van der Waals surface area contributed by atoms with Crippen molar-refractivity contribution in [3.8, 4) is 0 Å². The van der Waals surface area contributed by atoms with E-state index in [4.69, 9.17) is 16.3 Å². The van der Waals surface area contributed by atoms with Gasteiger partial charge in [-0.25, -0.2) is 4.79 Å². The lowest BCUT2D eigenvalue weighted by molar-refractivity contribution is 0.0525. The van der Waals surface area contributed by atoms with Crippen LogP contribution in [0.1, 0.15) is 46.0 Å². The number of ether oxygens (including phenoxy) is 1. The maximum absolute atomic E-state index is 13.2. The smallest absolute Gasteiger partial charge is 0.340 e. The number of rotatable bonds is 6. The number of aromatic amines is 1. The first-order valence-corrected chi connectivity index (χ1v) is 10.4. The predicted octanol–water partition coefficient (Wildman–Crippen LogP) is 3.86. The molecule has 1 saturated heterocycles. The molecule has 6 nitrogen and oxygen atoms in total. The van der Waals surface area contributed by atoms with Gasteiger partial charge in [0.1, 0.15) is 0 Å². The van der Waals surface area contributed by atoms with Gasteiger partial charge in [-0.2, -0.15) is 0 Å². The van der Waals surface area contributed by atoms with Crippen molar-refractivity contribution in [2.45, 2.75) is 33.7 Å². The predicted molar refractivity (Wildman–Crippen MR) is 115 cm³/mol. The number of H-pyrrole nitrogens is 1. The molecule has 0 bridgehead atoms. The summed E-state index contributed by atoms with van der Waals surface area (Å²) in [4.78, 5) is 32.9. The minimum absolute atomic E-state index is 0.00245. The van der Waals surface area contributed by atoms with Gasteiger partial charge in [0.05, 0.1) is 23.9 Å². The van der Waals surface area contributed by atoms with Crippen LogP contribution in [0.2, 0.25) is 5.02 Å². The molecule has 1 fully saturated rings. The summed E-state index contributed by atoms with van der Waals surface area (Å²) in [5.41, 5.74) is 3.40. The molecule has 0 unspecified atom stereocenters. The van der Waals surface area contributed by atoms with Crippen LogP contribution in [0.15, 0.2) is 24.3 Å². The molecule has 156 valence electrons. The highest BCUT2D eigenvalue weighted by Gasteiger charge is 2.30. The second-order valence-electron chi connectivity index (χ2n) is 7.39. The largest absolute Gasteiger partial charge is 0.462 e. The third-order valence-corrected chi connectivity index (χ3v) is 5.81. The van der Waals surface area contributed by atoms with Gasteiger partial charge in [0.25, 0.3) is 0 Å². The minimum atomic E-state index is -0.388. The van der Waals surface area contributed by atoms with E-state index in [2.05, 4.69) is 20.9 Å². The van der Waals surface area contributed by atoms with E-state index in [1.807, 2.05) is 25.1 Å². The molecule has 7 heteroatoms. The molecule has 0 spiro atoms. The Morgan fingerprint density at radius 2 is 1.90 bits per heavy atom. The van der Waals surface area contributed by atoms with Crippen LogP contribution in [0.25, 0.3) is 0 Å². The van der Waals surface area contributed by atoms with Crippen molar-refractivity contribution in [2.24, 2.45) is 0 Å². The highest BCUT2D eigenvalue weighted by molar-refractivity contribution is 6.30. The van der Waals surface area contributed by atoms with E-state index in [-0.39, 0.29) is 17.8 Å². The zero-order valence-corrected chi connectivity index (χ0v) is 18.2. The fourth-order valence-electron chi connectivity index (χ4n) is 3.92.